The summed E-state index contributed by atoms with van der Waals surface area (Å²) < 4.78 is 0. The van der Waals surface area contributed by atoms with E-state index in [-0.39, 0.29) is 0 Å². The lowest BCUT2D eigenvalue weighted by atomic mass is 9.81. The number of nitrogens with one attached hydrogen (secondary N) is 1. The van der Waals surface area contributed by atoms with Crippen molar-refractivity contribution in [3.05, 3.63) is 47.3 Å². The lowest BCUT2D eigenvalue weighted by Gasteiger charge is -2.32. The molecule has 1 N–H and O–H groups in total. The summed E-state index contributed by atoms with van der Waals surface area (Å²) in [6, 6.07) is 5.28. The Morgan fingerprint density at radius 2 is 1.86 bits per heavy atom. The molecule has 2 fully saturated rings. The summed E-state index contributed by atoms with van der Waals surface area (Å²) in [4.78, 5) is 12.0. The highest BCUT2D eigenvalue weighted by molar-refractivity contribution is 5.79. The average molecular weight is 477 g/mol. The lowest BCUT2D eigenvalue weighted by Crippen LogP contribution is -2.32. The van der Waals surface area contributed by atoms with E-state index in [0.29, 0.717) is 6.04 Å². The molecule has 0 amide bonds. The van der Waals surface area contributed by atoms with E-state index in [0.717, 1.165) is 43.1 Å². The van der Waals surface area contributed by atoms with Crippen LogP contribution in [0, 0.1) is 12.8 Å². The fourth-order valence-electron chi connectivity index (χ4n) is 5.44. The maximum atomic E-state index is 4.84. The van der Waals surface area contributed by atoms with Gasteiger partial charge in [0.25, 0.3) is 0 Å². The molecule has 1 heterocycles. The van der Waals surface area contributed by atoms with Crippen LogP contribution in [0.2, 0.25) is 0 Å². The highest BCUT2D eigenvalue weighted by atomic mass is 15.1. The van der Waals surface area contributed by atoms with E-state index < -0.39 is 0 Å². The van der Waals surface area contributed by atoms with Gasteiger partial charge in [-0.3, -0.25) is 4.99 Å². The summed E-state index contributed by atoms with van der Waals surface area (Å²) in [6.07, 6.45) is 19.4. The van der Waals surface area contributed by atoms with Crippen LogP contribution in [0.3, 0.4) is 0 Å². The van der Waals surface area contributed by atoms with Crippen LogP contribution in [-0.4, -0.2) is 31.6 Å². The number of nitrogens with zero attached hydrogens (tertiary/aromatic N) is 3. The Kier molecular flexibility index (Phi) is 11.1. The summed E-state index contributed by atoms with van der Waals surface area (Å²) in [5.41, 5.74) is 6.69. The van der Waals surface area contributed by atoms with Gasteiger partial charge in [0.1, 0.15) is 5.82 Å². The molecule has 4 heteroatoms. The number of hydrogen-bond donors (Lipinski definition) is 1. The van der Waals surface area contributed by atoms with Crippen LogP contribution in [0.15, 0.2) is 46.2 Å². The number of piperidine rings is 1. The molecule has 35 heavy (non-hydrogen) atoms. The van der Waals surface area contributed by atoms with Crippen LogP contribution in [0.25, 0.3) is 0 Å². The third-order valence-electron chi connectivity index (χ3n) is 7.63. The fraction of sp³-hybridized carbons (Fsp3) is 0.613. The Morgan fingerprint density at radius 3 is 2.51 bits per heavy atom. The Labute approximate surface area is 214 Å². The van der Waals surface area contributed by atoms with Crippen molar-refractivity contribution >= 4 is 23.8 Å². The van der Waals surface area contributed by atoms with Gasteiger partial charge < -0.3 is 10.2 Å². The summed E-state index contributed by atoms with van der Waals surface area (Å²) in [6.45, 7) is 15.2. The molecule has 1 aromatic carbocycles. The van der Waals surface area contributed by atoms with Crippen molar-refractivity contribution in [1.82, 2.24) is 5.32 Å². The predicted octanol–water partition coefficient (Wildman–Crippen LogP) is 8.08. The maximum absolute atomic E-state index is 4.84. The number of rotatable bonds is 11. The zero-order valence-corrected chi connectivity index (χ0v) is 22.8. The van der Waals surface area contributed by atoms with Crippen LogP contribution >= 0.6 is 0 Å². The molecule has 192 valence electrons. The molecule has 1 saturated carbocycles. The molecule has 0 aromatic heterocycles. The number of allylic oxidation sites excluding steroid dienone is 2. The third kappa shape index (κ3) is 8.37. The summed E-state index contributed by atoms with van der Waals surface area (Å²) in [5.74, 6) is 1.54. The Hall–Kier alpha value is -2.36. The van der Waals surface area contributed by atoms with Gasteiger partial charge in [-0.25, -0.2) is 4.99 Å². The van der Waals surface area contributed by atoms with Crippen LogP contribution in [0.5, 0.6) is 0 Å². The van der Waals surface area contributed by atoms with Gasteiger partial charge in [-0.2, -0.15) is 0 Å². The monoisotopic (exact) mass is 476 g/mol. The average Bonchev–Trinajstić information content (AvgIpc) is 2.88. The lowest BCUT2D eigenvalue weighted by molar-refractivity contribution is 0.301. The summed E-state index contributed by atoms with van der Waals surface area (Å²) in [7, 11) is 0. The predicted molar refractivity (Wildman–Crippen MR) is 155 cm³/mol. The Morgan fingerprint density at radius 1 is 1.11 bits per heavy atom. The van der Waals surface area contributed by atoms with E-state index >= 15 is 0 Å². The fourth-order valence-corrected chi connectivity index (χ4v) is 5.44. The molecule has 0 spiro atoms. The topological polar surface area (TPSA) is 40.0 Å². The van der Waals surface area contributed by atoms with Gasteiger partial charge in [0.2, 0.25) is 0 Å². The second-order valence-corrected chi connectivity index (χ2v) is 10.4. The molecule has 0 bridgehead atoms. The van der Waals surface area contributed by atoms with Crippen LogP contribution in [0.1, 0.15) is 96.1 Å². The molecule has 1 saturated heterocycles. The zero-order valence-electron chi connectivity index (χ0n) is 22.8. The van der Waals surface area contributed by atoms with Crippen LogP contribution < -0.4 is 10.2 Å². The van der Waals surface area contributed by atoms with Crippen LogP contribution in [0.4, 0.5) is 11.4 Å². The summed E-state index contributed by atoms with van der Waals surface area (Å²) >= 11 is 0. The van der Waals surface area contributed by atoms with Gasteiger partial charge in [-0.15, -0.1) is 0 Å². The quantitative estimate of drug-likeness (QED) is 0.328. The molecule has 1 aromatic rings. The van der Waals surface area contributed by atoms with Crippen molar-refractivity contribution in [3.63, 3.8) is 0 Å². The molecule has 1 aliphatic heterocycles. The van der Waals surface area contributed by atoms with Crippen molar-refractivity contribution in [2.45, 2.75) is 104 Å². The number of benzene rings is 1. The largest absolute Gasteiger partial charge is 0.371 e. The molecule has 0 radical (unpaired) electrons. The minimum absolute atomic E-state index is 0.488. The number of hydrogen-bond acceptors (Lipinski definition) is 4. The van der Waals surface area contributed by atoms with Gasteiger partial charge in [0.05, 0.1) is 5.69 Å². The first kappa shape index (κ1) is 27.2. The molecule has 4 nitrogen and oxygen atoms in total. The second-order valence-electron chi connectivity index (χ2n) is 10.4. The molecule has 0 atom stereocenters. The molecule has 1 aliphatic carbocycles. The standard InChI is InChI=1S/C31H48N4/c1-6-12-26(8-3)23-33-25(5)34-29-15-13-27(14-16-29)20-28-21-30(35-18-10-9-11-19-35)22-31(24(28)4)32-17-7-2/h8,17,21-23,27,29,34H,5-7,9-16,18-20H2,1-4H3/b26-8-,32-17-,33-23-/t27-,29+. The first-order valence-corrected chi connectivity index (χ1v) is 14.1. The maximum Gasteiger partial charge on any atom is 0.118 e. The minimum atomic E-state index is 0.488. The second kappa shape index (κ2) is 14.3. The molecular formula is C31H48N4. The van der Waals surface area contributed by atoms with E-state index in [1.54, 1.807) is 0 Å². The van der Waals surface area contributed by atoms with E-state index in [1.807, 2.05) is 6.21 Å². The van der Waals surface area contributed by atoms with Gasteiger partial charge in [-0.05, 0) is 113 Å². The minimum Gasteiger partial charge on any atom is -0.371 e. The van der Waals surface area contributed by atoms with Crippen LogP contribution in [-0.2, 0) is 6.42 Å². The molecular weight excluding hydrogens is 428 g/mol. The zero-order chi connectivity index (χ0) is 25.0. The van der Waals surface area contributed by atoms with E-state index in [4.69, 9.17) is 4.99 Å². The first-order chi connectivity index (χ1) is 17.0. The van der Waals surface area contributed by atoms with Gasteiger partial charge in [-0.1, -0.05) is 32.9 Å². The van der Waals surface area contributed by atoms with E-state index in [2.05, 4.69) is 73.9 Å². The highest BCUT2D eigenvalue weighted by Gasteiger charge is 2.23. The first-order valence-electron chi connectivity index (χ1n) is 14.1. The normalized spacial score (nSPS) is 21.7. The van der Waals surface area contributed by atoms with Crippen molar-refractivity contribution in [2.75, 3.05) is 18.0 Å². The molecule has 2 aliphatic rings. The van der Waals surface area contributed by atoms with Gasteiger partial charge >= 0.3 is 0 Å². The Bertz CT molecular complexity index is 897. The summed E-state index contributed by atoms with van der Waals surface area (Å²) in [5, 5.41) is 3.58. The molecule has 3 rings (SSSR count). The van der Waals surface area contributed by atoms with Gasteiger partial charge in [0, 0.05) is 37.2 Å². The van der Waals surface area contributed by atoms with Crippen molar-refractivity contribution in [2.24, 2.45) is 15.9 Å². The third-order valence-corrected chi connectivity index (χ3v) is 7.63. The van der Waals surface area contributed by atoms with Crippen molar-refractivity contribution in [3.8, 4) is 0 Å². The highest BCUT2D eigenvalue weighted by Crippen LogP contribution is 2.35. The molecule has 0 unspecified atom stereocenters. The Balaban J connectivity index is 1.60. The SMILES string of the molecule is C=C(/N=C\C(=C/C)CCC)N[C@H]1CC[C@@H](Cc2cc(N3CCCCC3)cc(/N=C\CC)c2C)CC1. The van der Waals surface area contributed by atoms with E-state index in [9.17, 15) is 0 Å². The smallest absolute Gasteiger partial charge is 0.118 e. The van der Waals surface area contributed by atoms with Gasteiger partial charge in [0.15, 0.2) is 0 Å². The van der Waals surface area contributed by atoms with Crippen molar-refractivity contribution < 1.29 is 0 Å². The number of anilines is 1. The number of aliphatic imine (C=N–C) groups is 2. The van der Waals surface area contributed by atoms with Crippen molar-refractivity contribution in [1.29, 1.82) is 0 Å². The van der Waals surface area contributed by atoms with E-state index in [1.165, 1.54) is 80.4 Å².